The summed E-state index contributed by atoms with van der Waals surface area (Å²) in [5, 5.41) is 3.50. The molecule has 0 fully saturated rings. The number of aryl methyl sites for hydroxylation is 1. The van der Waals surface area contributed by atoms with Gasteiger partial charge < -0.3 is 9.88 Å². The van der Waals surface area contributed by atoms with E-state index in [1.165, 1.54) is 0 Å². The SMILES string of the molecule is Cc1cc(/C=C2/C(=O)Nc3cc(Cl)ccc32)c(C)n1-c1ccccc1. The normalized spacial score (nSPS) is 14.7. The van der Waals surface area contributed by atoms with Crippen LogP contribution < -0.4 is 5.32 Å². The van der Waals surface area contributed by atoms with Gasteiger partial charge in [-0.25, -0.2) is 0 Å². The second-order valence-corrected chi connectivity index (χ2v) is 6.64. The van der Waals surface area contributed by atoms with Gasteiger partial charge in [-0.3, -0.25) is 4.79 Å². The van der Waals surface area contributed by atoms with E-state index in [9.17, 15) is 4.79 Å². The fourth-order valence-corrected chi connectivity index (χ4v) is 3.55. The number of para-hydroxylation sites is 1. The van der Waals surface area contributed by atoms with Crippen LogP contribution in [-0.2, 0) is 4.79 Å². The summed E-state index contributed by atoms with van der Waals surface area (Å²) < 4.78 is 2.20. The zero-order chi connectivity index (χ0) is 17.6. The molecule has 0 atom stereocenters. The highest BCUT2D eigenvalue weighted by atomic mass is 35.5. The van der Waals surface area contributed by atoms with E-state index in [-0.39, 0.29) is 5.91 Å². The summed E-state index contributed by atoms with van der Waals surface area (Å²) in [7, 11) is 0. The van der Waals surface area contributed by atoms with Crippen molar-refractivity contribution in [3.63, 3.8) is 0 Å². The van der Waals surface area contributed by atoms with Crippen LogP contribution in [0.25, 0.3) is 17.3 Å². The Kier molecular flexibility index (Phi) is 3.74. The van der Waals surface area contributed by atoms with Gasteiger partial charge in [-0.1, -0.05) is 35.9 Å². The number of halogens is 1. The van der Waals surface area contributed by atoms with E-state index in [0.29, 0.717) is 10.6 Å². The number of hydrogen-bond acceptors (Lipinski definition) is 1. The lowest BCUT2D eigenvalue weighted by Gasteiger charge is -2.09. The van der Waals surface area contributed by atoms with Crippen LogP contribution in [-0.4, -0.2) is 10.5 Å². The standard InChI is InChI=1S/C21H17ClN2O/c1-13-10-15(14(2)24(13)17-6-4-3-5-7-17)11-19-18-9-8-16(22)12-20(18)23-21(19)25/h3-12H,1-2H3,(H,23,25)/b19-11+. The minimum absolute atomic E-state index is 0.0956. The van der Waals surface area contributed by atoms with E-state index in [4.69, 9.17) is 11.6 Å². The van der Waals surface area contributed by atoms with Crippen molar-refractivity contribution in [2.75, 3.05) is 5.32 Å². The molecule has 25 heavy (non-hydrogen) atoms. The smallest absolute Gasteiger partial charge is 0.256 e. The molecule has 0 unspecified atom stereocenters. The zero-order valence-corrected chi connectivity index (χ0v) is 14.8. The molecule has 0 spiro atoms. The Morgan fingerprint density at radius 1 is 1.04 bits per heavy atom. The van der Waals surface area contributed by atoms with Crippen molar-refractivity contribution < 1.29 is 4.79 Å². The molecule has 1 N–H and O–H groups in total. The van der Waals surface area contributed by atoms with Crippen LogP contribution in [0.1, 0.15) is 22.5 Å². The molecule has 0 bridgehead atoms. The third kappa shape index (κ3) is 2.67. The topological polar surface area (TPSA) is 34.0 Å². The number of nitrogens with one attached hydrogen (secondary N) is 1. The predicted octanol–water partition coefficient (Wildman–Crippen LogP) is 5.24. The van der Waals surface area contributed by atoms with Gasteiger partial charge in [0, 0.05) is 33.2 Å². The first kappa shape index (κ1) is 15.7. The van der Waals surface area contributed by atoms with E-state index in [1.807, 2.05) is 36.4 Å². The maximum absolute atomic E-state index is 12.4. The molecule has 1 aliphatic heterocycles. The van der Waals surface area contributed by atoms with Gasteiger partial charge in [0.05, 0.1) is 5.69 Å². The number of benzene rings is 2. The summed E-state index contributed by atoms with van der Waals surface area (Å²) in [6.45, 7) is 4.15. The highest BCUT2D eigenvalue weighted by Gasteiger charge is 2.24. The molecular weight excluding hydrogens is 332 g/mol. The molecule has 124 valence electrons. The Balaban J connectivity index is 1.83. The van der Waals surface area contributed by atoms with Crippen LogP contribution in [0.15, 0.2) is 54.6 Å². The number of hydrogen-bond donors (Lipinski definition) is 1. The monoisotopic (exact) mass is 348 g/mol. The molecule has 1 aliphatic rings. The molecule has 0 saturated carbocycles. The van der Waals surface area contributed by atoms with Crippen molar-refractivity contribution >= 4 is 34.8 Å². The average molecular weight is 349 g/mol. The number of fused-ring (bicyclic) bond motifs is 1. The first-order valence-electron chi connectivity index (χ1n) is 8.12. The maximum atomic E-state index is 12.4. The fraction of sp³-hybridized carbons (Fsp3) is 0.0952. The molecule has 0 aliphatic carbocycles. The molecule has 2 aromatic carbocycles. The van der Waals surface area contributed by atoms with Crippen molar-refractivity contribution in [1.29, 1.82) is 0 Å². The van der Waals surface area contributed by atoms with Crippen molar-refractivity contribution in [3.05, 3.63) is 82.1 Å². The summed E-state index contributed by atoms with van der Waals surface area (Å²) >= 11 is 6.02. The summed E-state index contributed by atoms with van der Waals surface area (Å²) in [4.78, 5) is 12.4. The van der Waals surface area contributed by atoms with Gasteiger partial charge in [0.25, 0.3) is 5.91 Å². The first-order valence-corrected chi connectivity index (χ1v) is 8.50. The summed E-state index contributed by atoms with van der Waals surface area (Å²) in [6.07, 6.45) is 1.96. The molecule has 0 radical (unpaired) electrons. The fourth-order valence-electron chi connectivity index (χ4n) is 3.37. The Hall–Kier alpha value is -2.78. The molecule has 4 heteroatoms. The van der Waals surface area contributed by atoms with Crippen molar-refractivity contribution in [2.45, 2.75) is 13.8 Å². The van der Waals surface area contributed by atoms with Crippen LogP contribution in [0, 0.1) is 13.8 Å². The Morgan fingerprint density at radius 2 is 1.80 bits per heavy atom. The van der Waals surface area contributed by atoms with Crippen LogP contribution >= 0.6 is 11.6 Å². The zero-order valence-electron chi connectivity index (χ0n) is 14.0. The van der Waals surface area contributed by atoms with Gasteiger partial charge in [0.1, 0.15) is 0 Å². The molecule has 3 aromatic rings. The molecule has 1 aromatic heterocycles. The van der Waals surface area contributed by atoms with Crippen molar-refractivity contribution in [1.82, 2.24) is 4.57 Å². The molecule has 0 saturated heterocycles. The summed E-state index contributed by atoms with van der Waals surface area (Å²) in [5.74, 6) is -0.0956. The van der Waals surface area contributed by atoms with E-state index < -0.39 is 0 Å². The quantitative estimate of drug-likeness (QED) is 0.631. The van der Waals surface area contributed by atoms with Gasteiger partial charge in [-0.15, -0.1) is 0 Å². The predicted molar refractivity (Wildman–Crippen MR) is 103 cm³/mol. The highest BCUT2D eigenvalue weighted by Crippen LogP contribution is 2.35. The Labute approximate surface area is 151 Å². The molecular formula is C21H17ClN2O. The average Bonchev–Trinajstić information content (AvgIpc) is 3.04. The van der Waals surface area contributed by atoms with Gasteiger partial charge in [0.15, 0.2) is 0 Å². The number of nitrogens with zero attached hydrogens (tertiary/aromatic N) is 1. The Morgan fingerprint density at radius 3 is 2.56 bits per heavy atom. The minimum Gasteiger partial charge on any atom is -0.321 e. The maximum Gasteiger partial charge on any atom is 0.256 e. The van der Waals surface area contributed by atoms with E-state index in [1.54, 1.807) is 6.07 Å². The lowest BCUT2D eigenvalue weighted by atomic mass is 10.0. The number of amides is 1. The Bertz CT molecular complexity index is 1020. The van der Waals surface area contributed by atoms with Crippen LogP contribution in [0.5, 0.6) is 0 Å². The van der Waals surface area contributed by atoms with Gasteiger partial charge in [-0.2, -0.15) is 0 Å². The van der Waals surface area contributed by atoms with E-state index in [0.717, 1.165) is 33.9 Å². The number of anilines is 1. The van der Waals surface area contributed by atoms with Gasteiger partial charge in [0.2, 0.25) is 0 Å². The first-order chi connectivity index (χ1) is 12.0. The van der Waals surface area contributed by atoms with E-state index >= 15 is 0 Å². The van der Waals surface area contributed by atoms with Crippen molar-refractivity contribution in [3.8, 4) is 5.69 Å². The molecule has 4 rings (SSSR count). The number of carbonyl (C=O) groups is 1. The van der Waals surface area contributed by atoms with Gasteiger partial charge in [-0.05, 0) is 55.8 Å². The largest absolute Gasteiger partial charge is 0.321 e. The van der Waals surface area contributed by atoms with Gasteiger partial charge >= 0.3 is 0 Å². The number of aromatic nitrogens is 1. The molecule has 1 amide bonds. The molecule has 2 heterocycles. The molecule has 3 nitrogen and oxygen atoms in total. The second-order valence-electron chi connectivity index (χ2n) is 6.20. The van der Waals surface area contributed by atoms with E-state index in [2.05, 4.69) is 41.9 Å². The van der Waals surface area contributed by atoms with Crippen molar-refractivity contribution in [2.24, 2.45) is 0 Å². The minimum atomic E-state index is -0.0956. The summed E-state index contributed by atoms with van der Waals surface area (Å²) in [5.41, 5.74) is 6.70. The van der Waals surface area contributed by atoms with Crippen LogP contribution in [0.4, 0.5) is 5.69 Å². The number of carbonyl (C=O) groups excluding carboxylic acids is 1. The lowest BCUT2D eigenvalue weighted by molar-refractivity contribution is -0.110. The lowest BCUT2D eigenvalue weighted by Crippen LogP contribution is -2.03. The highest BCUT2D eigenvalue weighted by molar-refractivity contribution is 6.36. The number of rotatable bonds is 2. The second kappa shape index (κ2) is 5.94. The third-order valence-corrected chi connectivity index (χ3v) is 4.78. The summed E-state index contributed by atoms with van der Waals surface area (Å²) in [6, 6.07) is 17.8. The van der Waals surface area contributed by atoms with Crippen LogP contribution in [0.3, 0.4) is 0 Å². The van der Waals surface area contributed by atoms with Crippen LogP contribution in [0.2, 0.25) is 5.02 Å². The third-order valence-electron chi connectivity index (χ3n) is 4.55.